The van der Waals surface area contributed by atoms with E-state index in [0.29, 0.717) is 17.4 Å². The van der Waals surface area contributed by atoms with Crippen molar-refractivity contribution in [2.24, 2.45) is 10.9 Å². The van der Waals surface area contributed by atoms with E-state index in [9.17, 15) is 8.42 Å². The summed E-state index contributed by atoms with van der Waals surface area (Å²) in [6, 6.07) is 7.02. The van der Waals surface area contributed by atoms with Gasteiger partial charge in [-0.2, -0.15) is 0 Å². The van der Waals surface area contributed by atoms with Gasteiger partial charge in [-0.1, -0.05) is 26.0 Å². The van der Waals surface area contributed by atoms with Gasteiger partial charge in [0.2, 0.25) is 10.0 Å². The molecule has 0 heterocycles. The highest BCUT2D eigenvalue weighted by atomic mass is 127. The minimum Gasteiger partial charge on any atom is -0.381 e. The van der Waals surface area contributed by atoms with Crippen LogP contribution in [0.4, 0.5) is 0 Å². The highest BCUT2D eigenvalue weighted by Crippen LogP contribution is 2.22. The molecule has 2 rings (SSSR count). The number of aliphatic imine (C=N–C) groups is 1. The van der Waals surface area contributed by atoms with E-state index in [4.69, 9.17) is 4.74 Å². The van der Waals surface area contributed by atoms with E-state index in [1.807, 2.05) is 19.1 Å². The van der Waals surface area contributed by atoms with Crippen LogP contribution >= 0.6 is 24.0 Å². The number of sulfonamides is 1. The number of nitrogens with zero attached hydrogens (tertiary/aromatic N) is 1. The molecule has 29 heavy (non-hydrogen) atoms. The van der Waals surface area contributed by atoms with Crippen molar-refractivity contribution in [1.82, 2.24) is 15.4 Å². The van der Waals surface area contributed by atoms with Crippen molar-refractivity contribution in [2.75, 3.05) is 26.3 Å². The number of rotatable bonds is 12. The van der Waals surface area contributed by atoms with E-state index in [1.165, 1.54) is 0 Å². The normalized spacial score (nSPS) is 14.6. The fraction of sp³-hybridized carbons (Fsp3) is 0.650. The molecule has 0 aromatic heterocycles. The topological polar surface area (TPSA) is 91.8 Å². The molecule has 1 saturated carbocycles. The summed E-state index contributed by atoms with van der Waals surface area (Å²) in [5.41, 5.74) is 0.961. The molecular formula is C20H35IN4O3S. The molecule has 7 nitrogen and oxygen atoms in total. The van der Waals surface area contributed by atoms with E-state index in [2.05, 4.69) is 34.2 Å². The molecule has 1 fully saturated rings. The molecule has 0 aliphatic heterocycles. The standard InChI is InChI=1S/C20H34N4O3S.HI/c1-4-21-20(22-12-5-13-27-15-16(2)3)23-14-17-6-10-19(11-7-17)28(25,26)24-18-8-9-18;/h6-7,10-11,16,18,24H,4-5,8-9,12-15H2,1-3H3,(H2,21,22,23);1H. The molecule has 166 valence electrons. The number of hydrogen-bond acceptors (Lipinski definition) is 4. The van der Waals surface area contributed by atoms with Crippen LogP contribution < -0.4 is 15.4 Å². The first-order valence-corrected chi connectivity index (χ1v) is 11.6. The van der Waals surface area contributed by atoms with E-state index < -0.39 is 10.0 Å². The van der Waals surface area contributed by atoms with Crippen molar-refractivity contribution in [2.45, 2.75) is 57.5 Å². The van der Waals surface area contributed by atoms with Gasteiger partial charge in [0.25, 0.3) is 0 Å². The fourth-order valence-corrected chi connectivity index (χ4v) is 3.78. The van der Waals surface area contributed by atoms with Crippen LogP contribution in [0.15, 0.2) is 34.2 Å². The van der Waals surface area contributed by atoms with Crippen molar-refractivity contribution in [3.63, 3.8) is 0 Å². The molecule has 0 saturated heterocycles. The Kier molecular flexibility index (Phi) is 12.1. The maximum Gasteiger partial charge on any atom is 0.240 e. The van der Waals surface area contributed by atoms with E-state index in [1.54, 1.807) is 12.1 Å². The summed E-state index contributed by atoms with van der Waals surface area (Å²) in [5.74, 6) is 1.30. The number of ether oxygens (including phenoxy) is 1. The van der Waals surface area contributed by atoms with Gasteiger partial charge in [0.1, 0.15) is 0 Å². The van der Waals surface area contributed by atoms with Crippen molar-refractivity contribution in [1.29, 1.82) is 0 Å². The summed E-state index contributed by atoms with van der Waals surface area (Å²) in [4.78, 5) is 4.87. The Balaban J connectivity index is 0.00000420. The Morgan fingerprint density at radius 2 is 1.90 bits per heavy atom. The lowest BCUT2D eigenvalue weighted by Crippen LogP contribution is -2.38. The van der Waals surface area contributed by atoms with Crippen LogP contribution in [0.1, 0.15) is 45.6 Å². The lowest BCUT2D eigenvalue weighted by atomic mass is 10.2. The van der Waals surface area contributed by atoms with Gasteiger partial charge in [0.05, 0.1) is 11.4 Å². The zero-order chi connectivity index (χ0) is 20.4. The summed E-state index contributed by atoms with van der Waals surface area (Å²) in [6.07, 6.45) is 2.77. The number of hydrogen-bond donors (Lipinski definition) is 3. The van der Waals surface area contributed by atoms with Crippen LogP contribution in [-0.2, 0) is 21.3 Å². The first kappa shape index (κ1) is 26.1. The minimum absolute atomic E-state index is 0. The monoisotopic (exact) mass is 538 g/mol. The molecule has 1 aromatic carbocycles. The maximum absolute atomic E-state index is 12.2. The Hall–Kier alpha value is -0.910. The summed E-state index contributed by atoms with van der Waals surface area (Å²) < 4.78 is 32.7. The summed E-state index contributed by atoms with van der Waals surface area (Å²) >= 11 is 0. The van der Waals surface area contributed by atoms with Crippen molar-refractivity contribution >= 4 is 40.0 Å². The van der Waals surface area contributed by atoms with Gasteiger partial charge in [0, 0.05) is 32.3 Å². The minimum atomic E-state index is -3.40. The number of nitrogens with one attached hydrogen (secondary N) is 3. The Morgan fingerprint density at radius 1 is 1.21 bits per heavy atom. The Labute approximate surface area is 192 Å². The molecular weight excluding hydrogens is 503 g/mol. The van der Waals surface area contributed by atoms with Crippen LogP contribution in [0.3, 0.4) is 0 Å². The second-order valence-electron chi connectivity index (χ2n) is 7.48. The lowest BCUT2D eigenvalue weighted by Gasteiger charge is -2.12. The third-order valence-electron chi connectivity index (χ3n) is 4.11. The molecule has 0 amide bonds. The molecule has 0 unspecified atom stereocenters. The van der Waals surface area contributed by atoms with E-state index >= 15 is 0 Å². The predicted molar refractivity (Wildman–Crippen MR) is 128 cm³/mol. The Morgan fingerprint density at radius 3 is 2.48 bits per heavy atom. The average molecular weight is 538 g/mol. The zero-order valence-corrected chi connectivity index (χ0v) is 20.8. The summed E-state index contributed by atoms with van der Waals surface area (Å²) in [7, 11) is -3.40. The van der Waals surface area contributed by atoms with Crippen molar-refractivity contribution in [3.8, 4) is 0 Å². The van der Waals surface area contributed by atoms with Crippen molar-refractivity contribution in [3.05, 3.63) is 29.8 Å². The fourth-order valence-electron chi connectivity index (χ4n) is 2.47. The van der Waals surface area contributed by atoms with Crippen LogP contribution in [0.25, 0.3) is 0 Å². The van der Waals surface area contributed by atoms with Crippen LogP contribution in [0.5, 0.6) is 0 Å². The molecule has 1 aliphatic carbocycles. The molecule has 9 heteroatoms. The van der Waals surface area contributed by atoms with Crippen LogP contribution in [-0.4, -0.2) is 46.7 Å². The van der Waals surface area contributed by atoms with Gasteiger partial charge >= 0.3 is 0 Å². The van der Waals surface area contributed by atoms with Gasteiger partial charge in [-0.25, -0.2) is 18.1 Å². The largest absolute Gasteiger partial charge is 0.381 e. The lowest BCUT2D eigenvalue weighted by molar-refractivity contribution is 0.108. The number of benzene rings is 1. The third kappa shape index (κ3) is 10.6. The van der Waals surface area contributed by atoms with Crippen molar-refractivity contribution < 1.29 is 13.2 Å². The van der Waals surface area contributed by atoms with Gasteiger partial charge < -0.3 is 15.4 Å². The van der Waals surface area contributed by atoms with Crippen LogP contribution in [0, 0.1) is 5.92 Å². The molecule has 0 bridgehead atoms. The highest BCUT2D eigenvalue weighted by Gasteiger charge is 2.27. The quantitative estimate of drug-likeness (QED) is 0.165. The molecule has 1 aliphatic rings. The highest BCUT2D eigenvalue weighted by molar-refractivity contribution is 14.0. The SMILES string of the molecule is CCNC(=NCc1ccc(S(=O)(=O)NC2CC2)cc1)NCCCOCC(C)C.I. The third-order valence-corrected chi connectivity index (χ3v) is 5.64. The van der Waals surface area contributed by atoms with Gasteiger partial charge in [-0.05, 0) is 49.8 Å². The smallest absolute Gasteiger partial charge is 0.240 e. The predicted octanol–water partition coefficient (Wildman–Crippen LogP) is 2.86. The maximum atomic E-state index is 12.2. The molecule has 0 radical (unpaired) electrons. The number of halogens is 1. The summed E-state index contributed by atoms with van der Waals surface area (Å²) in [5, 5.41) is 6.51. The molecule has 3 N–H and O–H groups in total. The van der Waals surface area contributed by atoms with Crippen LogP contribution in [0.2, 0.25) is 0 Å². The second-order valence-corrected chi connectivity index (χ2v) is 9.20. The zero-order valence-electron chi connectivity index (χ0n) is 17.6. The molecule has 0 spiro atoms. The van der Waals surface area contributed by atoms with Gasteiger partial charge in [-0.15, -0.1) is 24.0 Å². The second kappa shape index (κ2) is 13.4. The van der Waals surface area contributed by atoms with E-state index in [0.717, 1.165) is 57.1 Å². The first-order chi connectivity index (χ1) is 13.4. The summed E-state index contributed by atoms with van der Waals surface area (Å²) in [6.45, 7) is 9.86. The van der Waals surface area contributed by atoms with Gasteiger partial charge in [0.15, 0.2) is 5.96 Å². The molecule has 0 atom stereocenters. The Bertz CT molecular complexity index is 720. The molecule has 1 aromatic rings. The first-order valence-electron chi connectivity index (χ1n) is 10.1. The number of guanidine groups is 1. The average Bonchev–Trinajstić information content (AvgIpc) is 3.46. The van der Waals surface area contributed by atoms with E-state index in [-0.39, 0.29) is 30.0 Å². The van der Waals surface area contributed by atoms with Gasteiger partial charge in [-0.3, -0.25) is 0 Å².